The number of halogens is 2. The van der Waals surface area contributed by atoms with Crippen LogP contribution in [0.3, 0.4) is 0 Å². The van der Waals surface area contributed by atoms with Gasteiger partial charge in [-0.2, -0.15) is 0 Å². The average molecular weight is 340 g/mol. The molecule has 3 rings (SSSR count). The number of allylic oxidation sites excluding steroid dienone is 1. The number of benzene rings is 1. The van der Waals surface area contributed by atoms with Gasteiger partial charge in [0.1, 0.15) is 5.01 Å². The fourth-order valence-electron chi connectivity index (χ4n) is 2.35. The smallest absolute Gasteiger partial charge is 0.203 e. The van der Waals surface area contributed by atoms with E-state index >= 15 is 0 Å². The molecule has 0 spiro atoms. The number of hydrogen-bond acceptors (Lipinski definition) is 5. The lowest BCUT2D eigenvalue weighted by atomic mass is 10.1. The molecule has 1 fully saturated rings. The van der Waals surface area contributed by atoms with Gasteiger partial charge in [-0.25, -0.2) is 0 Å². The van der Waals surface area contributed by atoms with E-state index in [1.807, 2.05) is 6.08 Å². The van der Waals surface area contributed by atoms with Crippen molar-refractivity contribution in [1.29, 1.82) is 0 Å². The molecular formula is C14H11Cl2N3OS. The summed E-state index contributed by atoms with van der Waals surface area (Å²) in [6, 6.07) is 5.22. The Labute approximate surface area is 135 Å². The normalized spacial score (nSPS) is 20.4. The average Bonchev–Trinajstić information content (AvgIpc) is 3.00. The molecular weight excluding hydrogens is 329 g/mol. The third-order valence-corrected chi connectivity index (χ3v) is 4.81. The zero-order chi connectivity index (χ0) is 15.0. The monoisotopic (exact) mass is 339 g/mol. The van der Waals surface area contributed by atoms with Crippen LogP contribution >= 0.6 is 34.5 Å². The van der Waals surface area contributed by atoms with E-state index in [1.54, 1.807) is 18.2 Å². The van der Waals surface area contributed by atoms with Crippen molar-refractivity contribution >= 4 is 51.5 Å². The van der Waals surface area contributed by atoms with Crippen molar-refractivity contribution < 1.29 is 4.79 Å². The summed E-state index contributed by atoms with van der Waals surface area (Å²) in [4.78, 5) is 12.5. The Bertz CT molecular complexity index is 742. The van der Waals surface area contributed by atoms with Crippen molar-refractivity contribution in [2.45, 2.75) is 18.8 Å². The third kappa shape index (κ3) is 2.95. The maximum absolute atomic E-state index is 12.5. The molecule has 0 aliphatic heterocycles. The molecule has 1 aromatic heterocycles. The maximum atomic E-state index is 12.5. The van der Waals surface area contributed by atoms with Crippen LogP contribution in [-0.2, 0) is 4.79 Å². The first-order valence-corrected chi connectivity index (χ1v) is 7.90. The van der Waals surface area contributed by atoms with E-state index in [-0.39, 0.29) is 11.7 Å². The van der Waals surface area contributed by atoms with Crippen LogP contribution in [0.5, 0.6) is 0 Å². The van der Waals surface area contributed by atoms with Crippen LogP contribution in [0.15, 0.2) is 23.8 Å². The van der Waals surface area contributed by atoms with E-state index in [0.717, 1.165) is 17.6 Å². The largest absolute Gasteiger partial charge is 0.374 e. The van der Waals surface area contributed by atoms with Crippen LogP contribution in [0.1, 0.15) is 29.3 Å². The molecule has 1 aromatic carbocycles. The van der Waals surface area contributed by atoms with Gasteiger partial charge in [0.2, 0.25) is 5.13 Å². The van der Waals surface area contributed by atoms with Crippen LogP contribution in [0.4, 0.5) is 5.13 Å². The van der Waals surface area contributed by atoms with Gasteiger partial charge in [-0.3, -0.25) is 4.79 Å². The number of Topliss-reactive ketones (excluding diaryl/α,β-unsaturated/α-hetero) is 1. The Morgan fingerprint density at radius 2 is 2.14 bits per heavy atom. The van der Waals surface area contributed by atoms with Crippen LogP contribution in [-0.4, -0.2) is 16.0 Å². The number of carbonyl (C=O) groups excluding carboxylic acids is 1. The number of hydrogen-bond donors (Lipinski definition) is 1. The molecule has 0 amide bonds. The summed E-state index contributed by atoms with van der Waals surface area (Å²) in [5, 5.41) is 9.91. The van der Waals surface area contributed by atoms with Gasteiger partial charge in [-0.15, -0.1) is 10.2 Å². The number of nitrogen functional groups attached to an aromatic ring is 1. The standard InChI is InChI=1S/C14H11Cl2N3OS/c15-9-3-1-7(11(16)6-9)5-8-2-4-10(12(8)20)13-18-19-14(17)21-13/h1,3,5-6,10H,2,4H2,(H2,17,19)/b8-5+/t10-/m1/s1. The first-order valence-electron chi connectivity index (χ1n) is 6.33. The quantitative estimate of drug-likeness (QED) is 0.840. The highest BCUT2D eigenvalue weighted by Crippen LogP contribution is 2.38. The zero-order valence-corrected chi connectivity index (χ0v) is 13.2. The molecule has 1 aliphatic carbocycles. The number of nitrogens with two attached hydrogens (primary N) is 1. The summed E-state index contributed by atoms with van der Waals surface area (Å²) < 4.78 is 0. The fourth-order valence-corrected chi connectivity index (χ4v) is 3.56. The lowest BCUT2D eigenvalue weighted by molar-refractivity contribution is -0.115. The minimum absolute atomic E-state index is 0.0668. The van der Waals surface area contributed by atoms with Gasteiger partial charge >= 0.3 is 0 Å². The number of ketones is 1. The molecule has 1 heterocycles. The summed E-state index contributed by atoms with van der Waals surface area (Å²) in [6.07, 6.45) is 3.25. The van der Waals surface area contributed by atoms with Crippen molar-refractivity contribution in [3.8, 4) is 0 Å². The zero-order valence-electron chi connectivity index (χ0n) is 10.8. The van der Waals surface area contributed by atoms with Gasteiger partial charge in [-0.05, 0) is 42.2 Å². The molecule has 108 valence electrons. The molecule has 21 heavy (non-hydrogen) atoms. The lowest BCUT2D eigenvalue weighted by Crippen LogP contribution is -2.05. The van der Waals surface area contributed by atoms with Crippen LogP contribution in [0.25, 0.3) is 6.08 Å². The Balaban J connectivity index is 1.87. The Morgan fingerprint density at radius 1 is 1.33 bits per heavy atom. The highest BCUT2D eigenvalue weighted by molar-refractivity contribution is 7.15. The van der Waals surface area contributed by atoms with Crippen molar-refractivity contribution in [1.82, 2.24) is 10.2 Å². The highest BCUT2D eigenvalue weighted by atomic mass is 35.5. The Kier molecular flexibility index (Phi) is 3.97. The molecule has 1 aliphatic rings. The summed E-state index contributed by atoms with van der Waals surface area (Å²) in [5.41, 5.74) is 7.11. The van der Waals surface area contributed by atoms with Gasteiger partial charge in [0, 0.05) is 10.0 Å². The van der Waals surface area contributed by atoms with Gasteiger partial charge in [-0.1, -0.05) is 40.6 Å². The molecule has 4 nitrogen and oxygen atoms in total. The number of anilines is 1. The highest BCUT2D eigenvalue weighted by Gasteiger charge is 2.33. The molecule has 1 atom stereocenters. The van der Waals surface area contributed by atoms with Crippen molar-refractivity contribution in [3.63, 3.8) is 0 Å². The maximum Gasteiger partial charge on any atom is 0.203 e. The predicted molar refractivity (Wildman–Crippen MR) is 85.7 cm³/mol. The van der Waals surface area contributed by atoms with Crippen molar-refractivity contribution in [2.75, 3.05) is 5.73 Å². The second kappa shape index (κ2) is 5.75. The van der Waals surface area contributed by atoms with E-state index in [9.17, 15) is 4.79 Å². The summed E-state index contributed by atoms with van der Waals surface area (Å²) in [5.74, 6) is -0.172. The van der Waals surface area contributed by atoms with Crippen LogP contribution in [0, 0.1) is 0 Å². The van der Waals surface area contributed by atoms with E-state index in [0.29, 0.717) is 26.6 Å². The Morgan fingerprint density at radius 3 is 2.81 bits per heavy atom. The lowest BCUT2D eigenvalue weighted by Gasteiger charge is -2.02. The van der Waals surface area contributed by atoms with Gasteiger partial charge in [0.15, 0.2) is 5.78 Å². The second-order valence-electron chi connectivity index (χ2n) is 4.77. The van der Waals surface area contributed by atoms with Gasteiger partial charge < -0.3 is 5.73 Å². The van der Waals surface area contributed by atoms with E-state index in [1.165, 1.54) is 11.3 Å². The molecule has 0 radical (unpaired) electrons. The number of carbonyl (C=O) groups is 1. The number of aromatic nitrogens is 2. The first kappa shape index (κ1) is 14.5. The van der Waals surface area contributed by atoms with Gasteiger partial charge in [0.05, 0.1) is 5.92 Å². The SMILES string of the molecule is Nc1nnc([C@@H]2CC/C(=C\c3ccc(Cl)cc3Cl)C2=O)s1. The summed E-state index contributed by atoms with van der Waals surface area (Å²) >= 11 is 13.3. The Hall–Kier alpha value is -1.43. The molecule has 0 unspecified atom stereocenters. The third-order valence-electron chi connectivity index (χ3n) is 3.38. The fraction of sp³-hybridized carbons (Fsp3) is 0.214. The molecule has 1 saturated carbocycles. The van der Waals surface area contributed by atoms with E-state index in [2.05, 4.69) is 10.2 Å². The number of rotatable bonds is 2. The summed E-state index contributed by atoms with van der Waals surface area (Å²) in [7, 11) is 0. The second-order valence-corrected chi connectivity index (χ2v) is 6.65. The van der Waals surface area contributed by atoms with Gasteiger partial charge in [0.25, 0.3) is 0 Å². The number of nitrogens with zero attached hydrogens (tertiary/aromatic N) is 2. The summed E-state index contributed by atoms with van der Waals surface area (Å²) in [6.45, 7) is 0. The van der Waals surface area contributed by atoms with E-state index < -0.39 is 0 Å². The van der Waals surface area contributed by atoms with E-state index in [4.69, 9.17) is 28.9 Å². The van der Waals surface area contributed by atoms with Crippen LogP contribution < -0.4 is 5.73 Å². The molecule has 0 saturated heterocycles. The van der Waals surface area contributed by atoms with Crippen molar-refractivity contribution in [2.24, 2.45) is 0 Å². The minimum atomic E-state index is -0.239. The van der Waals surface area contributed by atoms with Crippen LogP contribution in [0.2, 0.25) is 10.0 Å². The molecule has 2 aromatic rings. The first-order chi connectivity index (χ1) is 10.0. The minimum Gasteiger partial charge on any atom is -0.374 e. The predicted octanol–water partition coefficient (Wildman–Crippen LogP) is 3.96. The molecule has 7 heteroatoms. The van der Waals surface area contributed by atoms with Crippen molar-refractivity contribution in [3.05, 3.63) is 44.4 Å². The topological polar surface area (TPSA) is 68.9 Å². The molecule has 0 bridgehead atoms. The molecule has 2 N–H and O–H groups in total.